The molecular formula is C140H88Br2O6. The summed E-state index contributed by atoms with van der Waals surface area (Å²) in [5.41, 5.74) is 34.1. The first-order valence-corrected chi connectivity index (χ1v) is 53.2. The molecule has 0 atom stereocenters. The third-order valence-corrected chi connectivity index (χ3v) is 33.5. The van der Waals surface area contributed by atoms with Crippen molar-refractivity contribution in [1.29, 1.82) is 0 Å². The highest BCUT2D eigenvalue weighted by Crippen LogP contribution is 2.57. The van der Waals surface area contributed by atoms with Gasteiger partial charge in [0.05, 0.1) is 0 Å². The van der Waals surface area contributed by atoms with E-state index in [0.29, 0.717) is 0 Å². The maximum atomic E-state index is 7.08. The van der Waals surface area contributed by atoms with Crippen LogP contribution in [0.15, 0.2) is 436 Å². The summed E-state index contributed by atoms with van der Waals surface area (Å²) in [6, 6.07) is 145. The molecule has 0 N–H and O–H groups in total. The zero-order valence-electron chi connectivity index (χ0n) is 81.0. The third-order valence-electron chi connectivity index (χ3n) is 32.5. The summed E-state index contributed by atoms with van der Waals surface area (Å²) in [6.45, 7) is 4.27. The predicted octanol–water partition coefficient (Wildman–Crippen LogP) is 41.9. The molecule has 6 heterocycles. The smallest absolute Gasteiger partial charge is 0.143 e. The lowest BCUT2D eigenvalue weighted by Crippen LogP contribution is -2.06. The highest BCUT2D eigenvalue weighted by atomic mass is 79.9. The van der Waals surface area contributed by atoms with E-state index in [4.69, 9.17) is 26.5 Å². The molecule has 2 aliphatic carbocycles. The number of hydrogen-bond donors (Lipinski definition) is 0. The van der Waals surface area contributed by atoms with E-state index >= 15 is 0 Å². The van der Waals surface area contributed by atoms with Gasteiger partial charge in [0, 0.05) is 127 Å². The van der Waals surface area contributed by atoms with Gasteiger partial charge in [-0.2, -0.15) is 0 Å². The normalized spacial score (nSPS) is 13.1. The van der Waals surface area contributed by atoms with Crippen molar-refractivity contribution in [2.45, 2.75) is 65.2 Å². The molecule has 0 saturated carbocycles. The van der Waals surface area contributed by atoms with Crippen molar-refractivity contribution in [2.75, 3.05) is 0 Å². The molecule has 148 heavy (non-hydrogen) atoms. The maximum absolute atomic E-state index is 7.08. The topological polar surface area (TPSA) is 78.8 Å². The van der Waals surface area contributed by atoms with Gasteiger partial charge in [0.2, 0.25) is 0 Å². The summed E-state index contributed by atoms with van der Waals surface area (Å²) in [5, 5.41) is 37.3. The molecule has 8 heteroatoms. The van der Waals surface area contributed by atoms with E-state index in [9.17, 15) is 0 Å². The van der Waals surface area contributed by atoms with Gasteiger partial charge in [0.25, 0.3) is 0 Å². The zero-order valence-corrected chi connectivity index (χ0v) is 84.1. The average molecular weight is 2030 g/mol. The van der Waals surface area contributed by atoms with Gasteiger partial charge in [-0.25, -0.2) is 0 Å². The van der Waals surface area contributed by atoms with E-state index in [2.05, 4.69) is 446 Å². The summed E-state index contributed by atoms with van der Waals surface area (Å²) >= 11 is 7.55. The van der Waals surface area contributed by atoms with E-state index in [1.807, 2.05) is 0 Å². The first-order valence-electron chi connectivity index (χ1n) is 51.6. The lowest BCUT2D eigenvalue weighted by atomic mass is 9.81. The Hall–Kier alpha value is -17.1. The molecule has 33 rings (SSSR count). The van der Waals surface area contributed by atoms with Gasteiger partial charge in [-0.1, -0.05) is 322 Å². The third kappa shape index (κ3) is 13.0. The van der Waals surface area contributed by atoms with Gasteiger partial charge in [0.1, 0.15) is 67.0 Å². The fourth-order valence-corrected chi connectivity index (χ4v) is 26.7. The van der Waals surface area contributed by atoms with Gasteiger partial charge >= 0.3 is 0 Å². The lowest BCUT2D eigenvalue weighted by Gasteiger charge is -2.25. The SMILES string of the molecule is Cc1ccc(-c2cc3c(oc4cccc5c4c3c3cccc4oc6c7cc(Br)ccc7c(-c7ccc(C)cc7)cc6c5c43)c3cc(Br)ccc23)cc1.c1ccc(-c2cc3c(oc4cccc5c4c3c3cccc4oc6c7c(c(-c8ccccc8)cc6c5c43)CCCC7)c3c2CCCC3)cc1.c1ccc(-c2ccc3c(ccc4c3oc3cccc5c3c4c3cccc4oc6c7ccc(-c8ccccc8)cc7ccc6c5c43)c2)cc1. The Morgan fingerprint density at radius 1 is 0.162 bits per heavy atom. The Morgan fingerprint density at radius 2 is 0.419 bits per heavy atom. The molecule has 25 aromatic carbocycles. The monoisotopic (exact) mass is 2020 g/mol. The van der Waals surface area contributed by atoms with Gasteiger partial charge < -0.3 is 26.5 Å². The van der Waals surface area contributed by atoms with Crippen LogP contribution in [-0.2, 0) is 25.7 Å². The highest BCUT2D eigenvalue weighted by Gasteiger charge is 2.32. The number of fused-ring (bicyclic) bond motifs is 30. The predicted molar refractivity (Wildman–Crippen MR) is 629 cm³/mol. The Morgan fingerprint density at radius 3 is 0.750 bits per heavy atom. The highest BCUT2D eigenvalue weighted by molar-refractivity contribution is 9.10. The van der Waals surface area contributed by atoms with Gasteiger partial charge in [-0.15, -0.1) is 0 Å². The number of halogens is 2. The van der Waals surface area contributed by atoms with Crippen LogP contribution in [0.3, 0.4) is 0 Å². The molecule has 0 fully saturated rings. The van der Waals surface area contributed by atoms with Crippen molar-refractivity contribution >= 4 is 271 Å². The Balaban J connectivity index is 0.000000100. The summed E-state index contributed by atoms with van der Waals surface area (Å²) in [4.78, 5) is 0. The summed E-state index contributed by atoms with van der Waals surface area (Å²) in [5.74, 6) is 0. The van der Waals surface area contributed by atoms with Crippen LogP contribution in [0.25, 0.3) is 306 Å². The second-order valence-electron chi connectivity index (χ2n) is 40.8. The van der Waals surface area contributed by atoms with Crippen molar-refractivity contribution in [3.8, 4) is 66.8 Å². The van der Waals surface area contributed by atoms with Crippen LogP contribution in [0.2, 0.25) is 0 Å². The number of hydrogen-bond acceptors (Lipinski definition) is 6. The molecular weight excluding hydrogens is 1940 g/mol. The van der Waals surface area contributed by atoms with Crippen LogP contribution in [-0.4, -0.2) is 0 Å². The quantitative estimate of drug-likeness (QED) is 0.122. The second kappa shape index (κ2) is 33.2. The Labute approximate surface area is 865 Å². The maximum Gasteiger partial charge on any atom is 0.143 e. The second-order valence-corrected chi connectivity index (χ2v) is 42.6. The summed E-state index contributed by atoms with van der Waals surface area (Å²) < 4.78 is 44.0. The fraction of sp³-hybridized carbons (Fsp3) is 0.0714. The molecule has 0 amide bonds. The zero-order chi connectivity index (χ0) is 97.5. The standard InChI is InChI=1S/C48H28Br2O2.C46H34O2.C46H26O2/c1-25-9-13-27(14-10-25)35-23-39-43-33-5-3-8-42-46(33)44(34-6-4-7-41(45(34)43)51-47(39)37-21-29(49)17-19-31(35)37)40-24-36(28-15-11-26(2)12-16-28)32-20-18-30(50)22-38(32)48(40)52-42;1-3-13-27(14-4-1)35-25-37-41-33-21-11-24-40-44(33)42(34-22-12-23-39(43(34)41)47-45(37)31-19-9-7-17-29(31)35)38-26-36(28-15-5-2-6-16-28)30-18-8-10-20-32(30)46(38)48-40;1-3-9-27(10-4-1)29-17-21-33-31(25-29)19-23-37-41-35-13-8-16-40-44(35)42(36-14-7-15-39(43(36)41)47-45(33)37)38-24-20-32-26-30(28-11-5-2-6-12-28)18-22-34(32)46(38)48-40/h3-24H,1-2H3;1-6,11-16,21-26H,7-10,17-20H2;1-26H. The Bertz CT molecular complexity index is 10500. The molecule has 6 aromatic heterocycles. The first-order chi connectivity index (χ1) is 73.0. The molecule has 0 radical (unpaired) electrons. The minimum atomic E-state index is 0.864. The lowest BCUT2D eigenvalue weighted by molar-refractivity contribution is 0.632. The van der Waals surface area contributed by atoms with E-state index < -0.39 is 0 Å². The van der Waals surface area contributed by atoms with Crippen molar-refractivity contribution < 1.29 is 26.5 Å². The van der Waals surface area contributed by atoms with Crippen molar-refractivity contribution in [2.24, 2.45) is 0 Å². The largest absolute Gasteiger partial charge is 0.456 e. The summed E-state index contributed by atoms with van der Waals surface area (Å²) in [7, 11) is 0. The van der Waals surface area contributed by atoms with Gasteiger partial charge in [-0.05, 0) is 329 Å². The molecule has 698 valence electrons. The minimum absolute atomic E-state index is 0.864. The van der Waals surface area contributed by atoms with Crippen molar-refractivity contribution in [3.05, 3.63) is 443 Å². The van der Waals surface area contributed by atoms with Crippen LogP contribution < -0.4 is 0 Å². The number of aryl methyl sites for hydroxylation is 4. The van der Waals surface area contributed by atoms with Crippen LogP contribution >= 0.6 is 31.9 Å². The van der Waals surface area contributed by atoms with Crippen molar-refractivity contribution in [3.63, 3.8) is 0 Å². The molecule has 2 aliphatic rings. The van der Waals surface area contributed by atoms with Crippen LogP contribution in [0.5, 0.6) is 0 Å². The molecule has 31 aromatic rings. The van der Waals surface area contributed by atoms with Crippen LogP contribution in [0.4, 0.5) is 0 Å². The Kier molecular flexibility index (Phi) is 19.1. The van der Waals surface area contributed by atoms with E-state index in [1.54, 1.807) is 0 Å². The number of benzene rings is 25. The van der Waals surface area contributed by atoms with Gasteiger partial charge in [-0.3, -0.25) is 0 Å². The molecule has 0 bridgehead atoms. The minimum Gasteiger partial charge on any atom is -0.456 e. The fourth-order valence-electron chi connectivity index (χ4n) is 25.9. The molecule has 6 nitrogen and oxygen atoms in total. The molecule has 0 saturated heterocycles. The van der Waals surface area contributed by atoms with Gasteiger partial charge in [0.15, 0.2) is 0 Å². The first kappa shape index (κ1) is 85.3. The van der Waals surface area contributed by atoms with Crippen LogP contribution in [0, 0.1) is 13.8 Å². The van der Waals surface area contributed by atoms with E-state index in [1.165, 1.54) is 201 Å². The van der Waals surface area contributed by atoms with Crippen LogP contribution in [0.1, 0.15) is 59.1 Å². The summed E-state index contributed by atoms with van der Waals surface area (Å²) in [6.07, 6.45) is 9.12. The van der Waals surface area contributed by atoms with Crippen molar-refractivity contribution in [1.82, 2.24) is 0 Å². The van der Waals surface area contributed by atoms with E-state index in [-0.39, 0.29) is 0 Å². The average Bonchev–Trinajstić information content (AvgIpc) is 0.699. The molecule has 0 unspecified atom stereocenters. The number of rotatable bonds is 6. The molecule has 0 aliphatic heterocycles. The molecule has 0 spiro atoms. The van der Waals surface area contributed by atoms with E-state index in [0.717, 1.165) is 199 Å².